The van der Waals surface area contributed by atoms with Crippen LogP contribution in [0.5, 0.6) is 5.75 Å². The van der Waals surface area contributed by atoms with E-state index in [0.29, 0.717) is 0 Å². The summed E-state index contributed by atoms with van der Waals surface area (Å²) in [6, 6.07) is 6.11. The van der Waals surface area contributed by atoms with Gasteiger partial charge in [-0.3, -0.25) is 0 Å². The van der Waals surface area contributed by atoms with E-state index in [1.54, 1.807) is 7.11 Å². The van der Waals surface area contributed by atoms with Crippen LogP contribution in [0, 0.1) is 0 Å². The zero-order valence-corrected chi connectivity index (χ0v) is 11.8. The molecule has 3 N–H and O–H groups in total. The molecule has 1 unspecified atom stereocenters. The fourth-order valence-corrected chi connectivity index (χ4v) is 2.93. The maximum Gasteiger partial charge on any atom is 0.125 e. The van der Waals surface area contributed by atoms with Crippen molar-refractivity contribution in [2.75, 3.05) is 25.2 Å². The molecular weight excluding hydrogens is 240 g/mol. The van der Waals surface area contributed by atoms with Crippen LogP contribution < -0.4 is 15.4 Å². The molecule has 0 aromatic heterocycles. The van der Waals surface area contributed by atoms with Gasteiger partial charge in [0.25, 0.3) is 0 Å². The van der Waals surface area contributed by atoms with Gasteiger partial charge >= 0.3 is 0 Å². The number of anilines is 1. The molecule has 0 radical (unpaired) electrons. The van der Waals surface area contributed by atoms with Crippen LogP contribution in [0.4, 0.5) is 5.69 Å². The lowest BCUT2D eigenvalue weighted by molar-refractivity contribution is 0.240. The second-order valence-corrected chi connectivity index (χ2v) is 5.21. The summed E-state index contributed by atoms with van der Waals surface area (Å²) in [6.45, 7) is 3.13. The number of nitrogens with zero attached hydrogens (tertiary/aromatic N) is 1. The molecule has 1 aromatic rings. The second-order valence-electron chi connectivity index (χ2n) is 5.21. The van der Waals surface area contributed by atoms with Crippen molar-refractivity contribution in [2.24, 2.45) is 5.73 Å². The summed E-state index contributed by atoms with van der Waals surface area (Å²) in [6.07, 6.45) is 3.37. The van der Waals surface area contributed by atoms with Crippen LogP contribution in [-0.4, -0.2) is 31.4 Å². The minimum Gasteiger partial charge on any atom is -0.496 e. The summed E-state index contributed by atoms with van der Waals surface area (Å²) < 4.78 is 5.44. The first-order valence-corrected chi connectivity index (χ1v) is 6.99. The summed E-state index contributed by atoms with van der Waals surface area (Å²) in [4.78, 5) is 2.28. The van der Waals surface area contributed by atoms with E-state index in [0.717, 1.165) is 36.4 Å². The van der Waals surface area contributed by atoms with Crippen molar-refractivity contribution < 1.29 is 9.84 Å². The first-order chi connectivity index (χ1) is 9.19. The number of aliphatic hydroxyl groups excluding tert-OH is 1. The van der Waals surface area contributed by atoms with Crippen molar-refractivity contribution in [1.29, 1.82) is 0 Å². The van der Waals surface area contributed by atoms with Crippen LogP contribution >= 0.6 is 0 Å². The highest BCUT2D eigenvalue weighted by atomic mass is 16.5. The average molecular weight is 264 g/mol. The third-order valence-electron chi connectivity index (χ3n) is 3.87. The molecule has 4 heteroatoms. The Morgan fingerprint density at radius 3 is 2.89 bits per heavy atom. The third-order valence-corrected chi connectivity index (χ3v) is 3.87. The van der Waals surface area contributed by atoms with Crippen molar-refractivity contribution in [3.8, 4) is 5.75 Å². The summed E-state index contributed by atoms with van der Waals surface area (Å²) in [5.41, 5.74) is 8.25. The minimum absolute atomic E-state index is 0.0904. The van der Waals surface area contributed by atoms with Gasteiger partial charge in [-0.15, -0.1) is 0 Å². The molecule has 1 aromatic carbocycles. The van der Waals surface area contributed by atoms with Crippen LogP contribution in [0.3, 0.4) is 0 Å². The fourth-order valence-electron chi connectivity index (χ4n) is 2.93. The first kappa shape index (κ1) is 14.2. The number of methoxy groups -OCH3 is 1. The maximum atomic E-state index is 9.57. The Bertz CT molecular complexity index is 421. The smallest absolute Gasteiger partial charge is 0.125 e. The fraction of sp³-hybridized carbons (Fsp3) is 0.600. The molecule has 1 aliphatic rings. The zero-order valence-electron chi connectivity index (χ0n) is 11.8. The van der Waals surface area contributed by atoms with Crippen LogP contribution in [0.25, 0.3) is 0 Å². The summed E-state index contributed by atoms with van der Waals surface area (Å²) in [5.74, 6) is 0.828. The molecule has 4 nitrogen and oxygen atoms in total. The number of ether oxygens (including phenoxy) is 1. The van der Waals surface area contributed by atoms with Crippen molar-refractivity contribution in [3.05, 3.63) is 23.8 Å². The molecule has 0 amide bonds. The summed E-state index contributed by atoms with van der Waals surface area (Å²) >= 11 is 0. The molecule has 1 aliphatic heterocycles. The number of rotatable bonds is 4. The van der Waals surface area contributed by atoms with Gasteiger partial charge in [0, 0.05) is 23.8 Å². The van der Waals surface area contributed by atoms with Crippen molar-refractivity contribution in [2.45, 2.75) is 38.3 Å². The maximum absolute atomic E-state index is 9.57. The SMILES string of the molecule is COc1cccc(N2CCCCC2CO)c1[C@H](C)N. The van der Waals surface area contributed by atoms with Crippen molar-refractivity contribution in [1.82, 2.24) is 0 Å². The van der Waals surface area contributed by atoms with Gasteiger partial charge < -0.3 is 20.5 Å². The van der Waals surface area contributed by atoms with E-state index in [9.17, 15) is 5.11 Å². The first-order valence-electron chi connectivity index (χ1n) is 6.99. The van der Waals surface area contributed by atoms with Gasteiger partial charge in [-0.25, -0.2) is 0 Å². The predicted molar refractivity (Wildman–Crippen MR) is 77.7 cm³/mol. The van der Waals surface area contributed by atoms with Gasteiger partial charge in [-0.1, -0.05) is 6.07 Å². The van der Waals surface area contributed by atoms with Gasteiger partial charge in [-0.2, -0.15) is 0 Å². The van der Waals surface area contributed by atoms with Gasteiger partial charge in [-0.05, 0) is 38.3 Å². The molecule has 106 valence electrons. The number of hydrogen-bond donors (Lipinski definition) is 2. The number of aliphatic hydroxyl groups is 1. The number of nitrogens with two attached hydrogens (primary N) is 1. The molecular formula is C15H24N2O2. The monoisotopic (exact) mass is 264 g/mol. The van der Waals surface area contributed by atoms with E-state index in [1.807, 2.05) is 19.1 Å². The molecule has 19 heavy (non-hydrogen) atoms. The van der Waals surface area contributed by atoms with Gasteiger partial charge in [0.2, 0.25) is 0 Å². The molecule has 1 heterocycles. The van der Waals surface area contributed by atoms with Crippen LogP contribution in [0.2, 0.25) is 0 Å². The lowest BCUT2D eigenvalue weighted by Crippen LogP contribution is -2.42. The highest BCUT2D eigenvalue weighted by Crippen LogP contribution is 2.36. The Morgan fingerprint density at radius 2 is 2.26 bits per heavy atom. The number of piperidine rings is 1. The number of benzene rings is 1. The molecule has 1 saturated heterocycles. The quantitative estimate of drug-likeness (QED) is 0.874. The normalized spacial score (nSPS) is 21.3. The van der Waals surface area contributed by atoms with Gasteiger partial charge in [0.1, 0.15) is 5.75 Å². The minimum atomic E-state index is -0.0904. The lowest BCUT2D eigenvalue weighted by Gasteiger charge is -2.38. The summed E-state index contributed by atoms with van der Waals surface area (Å²) in [7, 11) is 1.67. The van der Waals surface area contributed by atoms with Crippen LogP contribution in [0.1, 0.15) is 37.8 Å². The Morgan fingerprint density at radius 1 is 1.47 bits per heavy atom. The van der Waals surface area contributed by atoms with E-state index in [1.165, 1.54) is 6.42 Å². The number of hydrogen-bond acceptors (Lipinski definition) is 4. The van der Waals surface area contributed by atoms with E-state index >= 15 is 0 Å². The third kappa shape index (κ3) is 2.85. The molecule has 0 bridgehead atoms. The Kier molecular flexibility index (Phi) is 4.66. The Balaban J connectivity index is 2.42. The largest absolute Gasteiger partial charge is 0.496 e. The van der Waals surface area contributed by atoms with Crippen LogP contribution in [0.15, 0.2) is 18.2 Å². The van der Waals surface area contributed by atoms with Gasteiger partial charge in [0.15, 0.2) is 0 Å². The molecule has 0 saturated carbocycles. The Hall–Kier alpha value is -1.26. The topological polar surface area (TPSA) is 58.7 Å². The standard InChI is InChI=1S/C15H24N2O2/c1-11(16)15-13(7-5-8-14(15)19-2)17-9-4-3-6-12(17)10-18/h5,7-8,11-12,18H,3-4,6,9-10,16H2,1-2H3/t11-,12?/m0/s1. The molecule has 1 fully saturated rings. The van der Waals surface area contributed by atoms with E-state index in [4.69, 9.17) is 10.5 Å². The average Bonchev–Trinajstić information content (AvgIpc) is 2.46. The Labute approximate surface area is 115 Å². The van der Waals surface area contributed by atoms with Crippen molar-refractivity contribution in [3.63, 3.8) is 0 Å². The molecule has 2 atom stereocenters. The highest BCUT2D eigenvalue weighted by molar-refractivity contribution is 5.61. The lowest BCUT2D eigenvalue weighted by atomic mass is 9.98. The summed E-state index contributed by atoms with van der Waals surface area (Å²) in [5, 5.41) is 9.57. The van der Waals surface area contributed by atoms with Crippen LogP contribution in [-0.2, 0) is 0 Å². The van der Waals surface area contributed by atoms with Crippen molar-refractivity contribution >= 4 is 5.69 Å². The predicted octanol–water partition coefficient (Wildman–Crippen LogP) is 2.07. The molecule has 2 rings (SSSR count). The zero-order chi connectivity index (χ0) is 13.8. The molecule has 0 spiro atoms. The highest BCUT2D eigenvalue weighted by Gasteiger charge is 2.26. The second kappa shape index (κ2) is 6.26. The van der Waals surface area contributed by atoms with E-state index in [-0.39, 0.29) is 18.7 Å². The van der Waals surface area contributed by atoms with Gasteiger partial charge in [0.05, 0.1) is 19.8 Å². The van der Waals surface area contributed by atoms with E-state index < -0.39 is 0 Å². The molecule has 0 aliphatic carbocycles. The van der Waals surface area contributed by atoms with E-state index in [2.05, 4.69) is 11.0 Å².